The predicted octanol–water partition coefficient (Wildman–Crippen LogP) is -0.134. The van der Waals surface area contributed by atoms with Crippen molar-refractivity contribution in [2.45, 2.75) is 13.0 Å². The van der Waals surface area contributed by atoms with Crippen LogP contribution in [0.25, 0.3) is 0 Å². The summed E-state index contributed by atoms with van der Waals surface area (Å²) in [5.41, 5.74) is 0. The van der Waals surface area contributed by atoms with E-state index in [0.717, 1.165) is 13.1 Å². The number of nitrogens with zero attached hydrogens (tertiary/aromatic N) is 1. The fourth-order valence-corrected chi connectivity index (χ4v) is 2.31. The van der Waals surface area contributed by atoms with Crippen LogP contribution in [0, 0.1) is 11.8 Å². The third-order valence-electron chi connectivity index (χ3n) is 3.01. The first kappa shape index (κ1) is 8.81. The number of hydrogen-bond donors (Lipinski definition) is 2. The Hall–Kier alpha value is -0.770. The van der Waals surface area contributed by atoms with E-state index in [9.17, 15) is 4.79 Å². The van der Waals surface area contributed by atoms with Gasteiger partial charge in [0.05, 0.1) is 0 Å². The Labute approximate surface area is 78.7 Å². The highest BCUT2D eigenvalue weighted by Gasteiger charge is 2.55. The van der Waals surface area contributed by atoms with Crippen LogP contribution in [0.3, 0.4) is 0 Å². The van der Waals surface area contributed by atoms with E-state index in [1.807, 2.05) is 6.92 Å². The molecule has 0 aromatic heterocycles. The van der Waals surface area contributed by atoms with E-state index in [2.05, 4.69) is 22.6 Å². The first-order valence-corrected chi connectivity index (χ1v) is 4.95. The highest BCUT2D eigenvalue weighted by atomic mass is 16.2. The van der Waals surface area contributed by atoms with Crippen molar-refractivity contribution < 1.29 is 4.79 Å². The Kier molecular flexibility index (Phi) is 2.15. The maximum atomic E-state index is 11.2. The zero-order valence-electron chi connectivity index (χ0n) is 8.21. The summed E-state index contributed by atoms with van der Waals surface area (Å²) < 4.78 is 0. The van der Waals surface area contributed by atoms with Gasteiger partial charge in [-0.1, -0.05) is 0 Å². The predicted molar refractivity (Wildman–Crippen MR) is 50.5 cm³/mol. The van der Waals surface area contributed by atoms with Gasteiger partial charge in [0.15, 0.2) is 0 Å². The third kappa shape index (κ3) is 1.63. The first-order valence-electron chi connectivity index (χ1n) is 4.95. The summed E-state index contributed by atoms with van der Waals surface area (Å²) in [5, 5.41) is 5.75. The van der Waals surface area contributed by atoms with Gasteiger partial charge in [0.2, 0.25) is 0 Å². The average Bonchev–Trinajstić information content (AvgIpc) is 2.56. The minimum Gasteiger partial charge on any atom is -0.338 e. The topological polar surface area (TPSA) is 44.4 Å². The highest BCUT2D eigenvalue weighted by molar-refractivity contribution is 5.74. The minimum absolute atomic E-state index is 0.00967. The molecule has 0 radical (unpaired) electrons. The number of piperidine rings is 1. The summed E-state index contributed by atoms with van der Waals surface area (Å²) in [6, 6.07) is 0.437. The van der Waals surface area contributed by atoms with E-state index in [-0.39, 0.29) is 6.03 Å². The lowest BCUT2D eigenvalue weighted by atomic mass is 10.4. The van der Waals surface area contributed by atoms with Crippen LogP contribution in [0.4, 0.5) is 4.79 Å². The van der Waals surface area contributed by atoms with Crippen molar-refractivity contribution in [3.63, 3.8) is 0 Å². The van der Waals surface area contributed by atoms with E-state index in [4.69, 9.17) is 0 Å². The second kappa shape index (κ2) is 3.18. The van der Waals surface area contributed by atoms with E-state index >= 15 is 0 Å². The van der Waals surface area contributed by atoms with Gasteiger partial charge in [-0.05, 0) is 25.8 Å². The molecule has 4 heteroatoms. The van der Waals surface area contributed by atoms with Crippen LogP contribution in [0.2, 0.25) is 0 Å². The van der Waals surface area contributed by atoms with Crippen molar-refractivity contribution in [1.82, 2.24) is 15.5 Å². The van der Waals surface area contributed by atoms with Gasteiger partial charge in [-0.25, -0.2) is 4.79 Å². The standard InChI is InChI=1S/C9H17N3O/c1-3-10-9(13)11-8-6-4-12(2)5-7(6)8/h6-8H,3-5H2,1-2H3,(H2,10,11,13). The molecule has 4 nitrogen and oxygen atoms in total. The van der Waals surface area contributed by atoms with Crippen molar-refractivity contribution >= 4 is 6.03 Å². The largest absolute Gasteiger partial charge is 0.338 e. The molecule has 1 heterocycles. The van der Waals surface area contributed by atoms with Gasteiger partial charge in [-0.2, -0.15) is 0 Å². The van der Waals surface area contributed by atoms with E-state index in [1.165, 1.54) is 0 Å². The van der Waals surface area contributed by atoms with Crippen molar-refractivity contribution in [3.8, 4) is 0 Å². The van der Waals surface area contributed by atoms with E-state index in [0.29, 0.717) is 24.4 Å². The first-order chi connectivity index (χ1) is 6.22. The fourth-order valence-electron chi connectivity index (χ4n) is 2.31. The zero-order chi connectivity index (χ0) is 9.42. The number of hydrogen-bond acceptors (Lipinski definition) is 2. The molecule has 2 amide bonds. The Morgan fingerprint density at radius 2 is 2.08 bits per heavy atom. The van der Waals surface area contributed by atoms with Crippen LogP contribution < -0.4 is 10.6 Å². The van der Waals surface area contributed by atoms with Gasteiger partial charge >= 0.3 is 6.03 Å². The Bertz CT molecular complexity index is 207. The van der Waals surface area contributed by atoms with E-state index in [1.54, 1.807) is 0 Å². The van der Waals surface area contributed by atoms with Gasteiger partial charge in [0.1, 0.15) is 0 Å². The Balaban J connectivity index is 1.73. The minimum atomic E-state index is -0.00967. The number of carbonyl (C=O) groups is 1. The fraction of sp³-hybridized carbons (Fsp3) is 0.889. The molecular formula is C9H17N3O. The van der Waals surface area contributed by atoms with Gasteiger partial charge in [0.25, 0.3) is 0 Å². The number of likely N-dealkylation sites (tertiary alicyclic amines) is 1. The maximum absolute atomic E-state index is 11.2. The molecule has 13 heavy (non-hydrogen) atoms. The molecule has 2 atom stereocenters. The number of fused-ring (bicyclic) bond motifs is 1. The van der Waals surface area contributed by atoms with Crippen LogP contribution in [0.1, 0.15) is 6.92 Å². The molecule has 1 saturated carbocycles. The van der Waals surface area contributed by atoms with Crippen molar-refractivity contribution in [2.75, 3.05) is 26.7 Å². The van der Waals surface area contributed by atoms with Gasteiger partial charge < -0.3 is 15.5 Å². The van der Waals surface area contributed by atoms with E-state index < -0.39 is 0 Å². The molecule has 2 fully saturated rings. The lowest BCUT2D eigenvalue weighted by molar-refractivity contribution is 0.238. The quantitative estimate of drug-likeness (QED) is 0.626. The molecule has 1 aliphatic carbocycles. The van der Waals surface area contributed by atoms with Gasteiger partial charge in [-0.3, -0.25) is 0 Å². The summed E-state index contributed by atoms with van der Waals surface area (Å²) in [6.07, 6.45) is 0. The molecule has 74 valence electrons. The number of urea groups is 1. The van der Waals surface area contributed by atoms with Crippen LogP contribution in [0.5, 0.6) is 0 Å². The Morgan fingerprint density at radius 1 is 1.46 bits per heavy atom. The normalized spacial score (nSPS) is 36.9. The molecule has 0 aromatic carbocycles. The summed E-state index contributed by atoms with van der Waals surface area (Å²) >= 11 is 0. The number of rotatable bonds is 2. The summed E-state index contributed by atoms with van der Waals surface area (Å²) in [7, 11) is 2.13. The summed E-state index contributed by atoms with van der Waals surface area (Å²) in [6.45, 7) is 4.92. The second-order valence-electron chi connectivity index (χ2n) is 4.08. The van der Waals surface area contributed by atoms with Crippen LogP contribution in [-0.2, 0) is 0 Å². The third-order valence-corrected chi connectivity index (χ3v) is 3.01. The molecule has 1 aliphatic heterocycles. The van der Waals surface area contributed by atoms with Crippen LogP contribution in [0.15, 0.2) is 0 Å². The zero-order valence-corrected chi connectivity index (χ0v) is 8.21. The lowest BCUT2D eigenvalue weighted by Crippen LogP contribution is -2.40. The molecule has 2 rings (SSSR count). The summed E-state index contributed by atoms with van der Waals surface area (Å²) in [5.74, 6) is 1.43. The summed E-state index contributed by atoms with van der Waals surface area (Å²) in [4.78, 5) is 13.5. The highest BCUT2D eigenvalue weighted by Crippen LogP contribution is 2.44. The van der Waals surface area contributed by atoms with Gasteiger partial charge in [0, 0.05) is 25.7 Å². The smallest absolute Gasteiger partial charge is 0.315 e. The van der Waals surface area contributed by atoms with Crippen molar-refractivity contribution in [2.24, 2.45) is 11.8 Å². The van der Waals surface area contributed by atoms with Crippen LogP contribution >= 0.6 is 0 Å². The van der Waals surface area contributed by atoms with Gasteiger partial charge in [-0.15, -0.1) is 0 Å². The lowest BCUT2D eigenvalue weighted by Gasteiger charge is -2.13. The molecule has 0 bridgehead atoms. The van der Waals surface area contributed by atoms with Crippen molar-refractivity contribution in [1.29, 1.82) is 0 Å². The SMILES string of the molecule is CCNC(=O)NC1C2CN(C)CC21. The molecule has 2 unspecified atom stereocenters. The molecular weight excluding hydrogens is 166 g/mol. The maximum Gasteiger partial charge on any atom is 0.315 e. The van der Waals surface area contributed by atoms with Crippen LogP contribution in [-0.4, -0.2) is 43.7 Å². The van der Waals surface area contributed by atoms with Crippen molar-refractivity contribution in [3.05, 3.63) is 0 Å². The average molecular weight is 183 g/mol. The molecule has 0 aromatic rings. The molecule has 0 spiro atoms. The molecule has 2 N–H and O–H groups in total. The Morgan fingerprint density at radius 3 is 2.62 bits per heavy atom. The monoisotopic (exact) mass is 183 g/mol. The number of nitrogens with one attached hydrogen (secondary N) is 2. The number of carbonyl (C=O) groups excluding carboxylic acids is 1. The molecule has 1 saturated heterocycles. The molecule has 2 aliphatic rings. The number of amides is 2. The second-order valence-corrected chi connectivity index (χ2v) is 4.08.